The lowest BCUT2D eigenvalue weighted by Gasteiger charge is -2.05. The maximum Gasteiger partial charge on any atom is 0.316 e. The zero-order valence-electron chi connectivity index (χ0n) is 16.2. The average molecular weight is 425 g/mol. The largest absolute Gasteiger partial charge is 0.467 e. The normalized spacial score (nSPS) is 11.1. The number of benzene rings is 1. The lowest BCUT2D eigenvalue weighted by molar-refractivity contribution is -0.146. The Morgan fingerprint density at radius 2 is 2.07 bits per heavy atom. The van der Waals surface area contributed by atoms with Gasteiger partial charge in [-0.05, 0) is 25.1 Å². The molecule has 4 rings (SSSR count). The first-order valence-corrected chi connectivity index (χ1v) is 10.3. The second kappa shape index (κ2) is 8.95. The standard InChI is InChI=1S/C20H19N5O4S/c1-2-25-15-8-4-3-7-14(15)18-19(25)22-20(24-23-18)30-12-17(27)29-11-16(26)21-10-13-6-5-9-28-13/h3-9H,2,10-12H2,1H3,(H,21,26). The number of aryl methyl sites for hydroxylation is 1. The summed E-state index contributed by atoms with van der Waals surface area (Å²) in [5.41, 5.74) is 2.49. The van der Waals surface area contributed by atoms with E-state index in [1.807, 2.05) is 31.2 Å². The van der Waals surface area contributed by atoms with Crippen LogP contribution >= 0.6 is 11.8 Å². The second-order valence-corrected chi connectivity index (χ2v) is 7.28. The minimum absolute atomic E-state index is 0.0228. The molecule has 0 aliphatic carbocycles. The lowest BCUT2D eigenvalue weighted by Crippen LogP contribution is -2.28. The van der Waals surface area contributed by atoms with Crippen molar-refractivity contribution in [3.63, 3.8) is 0 Å². The summed E-state index contributed by atoms with van der Waals surface area (Å²) in [6.45, 7) is 2.66. The predicted molar refractivity (Wildman–Crippen MR) is 111 cm³/mol. The van der Waals surface area contributed by atoms with E-state index in [9.17, 15) is 9.59 Å². The van der Waals surface area contributed by atoms with Crippen LogP contribution in [0.1, 0.15) is 12.7 Å². The Morgan fingerprint density at radius 1 is 1.20 bits per heavy atom. The van der Waals surface area contributed by atoms with E-state index in [-0.39, 0.29) is 18.9 Å². The number of furan rings is 1. The van der Waals surface area contributed by atoms with Crippen LogP contribution in [0.3, 0.4) is 0 Å². The number of ether oxygens (including phenoxy) is 1. The highest BCUT2D eigenvalue weighted by Gasteiger charge is 2.15. The summed E-state index contributed by atoms with van der Waals surface area (Å²) in [5.74, 6) is -0.343. The zero-order chi connectivity index (χ0) is 20.9. The summed E-state index contributed by atoms with van der Waals surface area (Å²) < 4.78 is 12.2. The highest BCUT2D eigenvalue weighted by molar-refractivity contribution is 7.99. The first-order chi connectivity index (χ1) is 14.7. The Hall–Kier alpha value is -3.40. The van der Waals surface area contributed by atoms with Gasteiger partial charge >= 0.3 is 5.97 Å². The second-order valence-electron chi connectivity index (χ2n) is 6.33. The molecule has 3 heterocycles. The molecule has 1 N–H and O–H groups in total. The Bertz CT molecular complexity index is 1190. The number of carbonyl (C=O) groups is 2. The van der Waals surface area contributed by atoms with Gasteiger partial charge in [-0.3, -0.25) is 9.59 Å². The molecule has 0 bridgehead atoms. The SMILES string of the molecule is CCn1c2ccccc2c2nnc(SCC(=O)OCC(=O)NCc3ccco3)nc21. The monoisotopic (exact) mass is 425 g/mol. The van der Waals surface area contributed by atoms with Gasteiger partial charge < -0.3 is 19.0 Å². The van der Waals surface area contributed by atoms with Gasteiger partial charge in [0.2, 0.25) is 5.16 Å². The van der Waals surface area contributed by atoms with E-state index in [1.54, 1.807) is 12.1 Å². The van der Waals surface area contributed by atoms with Crippen molar-refractivity contribution in [1.29, 1.82) is 0 Å². The van der Waals surface area contributed by atoms with Crippen LogP contribution in [0.25, 0.3) is 22.1 Å². The summed E-state index contributed by atoms with van der Waals surface area (Å²) in [6.07, 6.45) is 1.52. The summed E-state index contributed by atoms with van der Waals surface area (Å²) in [6, 6.07) is 11.4. The molecule has 0 aliphatic heterocycles. The van der Waals surface area contributed by atoms with E-state index in [1.165, 1.54) is 6.26 Å². The fraction of sp³-hybridized carbons (Fsp3) is 0.250. The van der Waals surface area contributed by atoms with Crippen molar-refractivity contribution in [2.24, 2.45) is 0 Å². The number of nitrogens with zero attached hydrogens (tertiary/aromatic N) is 4. The van der Waals surface area contributed by atoms with Gasteiger partial charge in [-0.2, -0.15) is 0 Å². The molecule has 1 amide bonds. The van der Waals surface area contributed by atoms with Crippen molar-refractivity contribution in [1.82, 2.24) is 25.1 Å². The summed E-state index contributed by atoms with van der Waals surface area (Å²) in [4.78, 5) is 28.3. The fourth-order valence-electron chi connectivity index (χ4n) is 3.03. The number of rotatable bonds is 8. The number of amides is 1. The van der Waals surface area contributed by atoms with E-state index in [4.69, 9.17) is 9.15 Å². The maximum atomic E-state index is 12.0. The highest BCUT2D eigenvalue weighted by atomic mass is 32.2. The topological polar surface area (TPSA) is 112 Å². The lowest BCUT2D eigenvalue weighted by atomic mass is 10.2. The molecular weight excluding hydrogens is 406 g/mol. The maximum absolute atomic E-state index is 12.0. The predicted octanol–water partition coefficient (Wildman–Crippen LogP) is 2.54. The number of hydrogen-bond donors (Lipinski definition) is 1. The first-order valence-electron chi connectivity index (χ1n) is 9.35. The zero-order valence-corrected chi connectivity index (χ0v) is 17.0. The number of thioether (sulfide) groups is 1. The third-order valence-corrected chi connectivity index (χ3v) is 5.21. The summed E-state index contributed by atoms with van der Waals surface area (Å²) in [5, 5.41) is 12.4. The fourth-order valence-corrected chi connectivity index (χ4v) is 3.61. The number of hydrogen-bond acceptors (Lipinski definition) is 8. The van der Waals surface area contributed by atoms with Crippen LogP contribution in [0.4, 0.5) is 0 Å². The Kier molecular flexibility index (Phi) is 5.94. The average Bonchev–Trinajstić information content (AvgIpc) is 3.40. The van der Waals surface area contributed by atoms with E-state index in [2.05, 4.69) is 25.1 Å². The third kappa shape index (κ3) is 4.28. The Balaban J connectivity index is 1.33. The summed E-state index contributed by atoms with van der Waals surface area (Å²) in [7, 11) is 0. The number of aromatic nitrogens is 4. The van der Waals surface area contributed by atoms with Crippen LogP contribution in [0.15, 0.2) is 52.2 Å². The van der Waals surface area contributed by atoms with E-state index in [0.717, 1.165) is 40.4 Å². The van der Waals surface area contributed by atoms with Gasteiger partial charge in [-0.15, -0.1) is 10.2 Å². The molecular formula is C20H19N5O4S. The Labute approximate surface area is 175 Å². The smallest absolute Gasteiger partial charge is 0.316 e. The minimum Gasteiger partial charge on any atom is -0.467 e. The van der Waals surface area contributed by atoms with Gasteiger partial charge in [0.25, 0.3) is 5.91 Å². The molecule has 0 radical (unpaired) electrons. The van der Waals surface area contributed by atoms with Crippen molar-refractivity contribution in [2.75, 3.05) is 12.4 Å². The van der Waals surface area contributed by atoms with Gasteiger partial charge in [-0.25, -0.2) is 4.98 Å². The Morgan fingerprint density at radius 3 is 2.87 bits per heavy atom. The molecule has 154 valence electrons. The number of carbonyl (C=O) groups excluding carboxylic acids is 2. The number of esters is 1. The molecule has 0 saturated carbocycles. The number of para-hydroxylation sites is 1. The third-order valence-electron chi connectivity index (χ3n) is 4.39. The van der Waals surface area contributed by atoms with Crippen LogP contribution in [-0.2, 0) is 27.4 Å². The van der Waals surface area contributed by atoms with Gasteiger partial charge in [-0.1, -0.05) is 30.0 Å². The van der Waals surface area contributed by atoms with Crippen molar-refractivity contribution in [3.05, 3.63) is 48.4 Å². The molecule has 0 fully saturated rings. The van der Waals surface area contributed by atoms with Crippen molar-refractivity contribution in [2.45, 2.75) is 25.2 Å². The molecule has 1 aromatic carbocycles. The van der Waals surface area contributed by atoms with E-state index >= 15 is 0 Å². The molecule has 4 aromatic rings. The quantitative estimate of drug-likeness (QED) is 0.339. The van der Waals surface area contributed by atoms with Gasteiger partial charge in [0.15, 0.2) is 12.3 Å². The molecule has 3 aromatic heterocycles. The molecule has 0 unspecified atom stereocenters. The molecule has 0 aliphatic rings. The van der Waals surface area contributed by atoms with Crippen LogP contribution in [0.5, 0.6) is 0 Å². The highest BCUT2D eigenvalue weighted by Crippen LogP contribution is 2.26. The molecule has 0 atom stereocenters. The number of fused-ring (bicyclic) bond motifs is 3. The van der Waals surface area contributed by atoms with Gasteiger partial charge in [0.05, 0.1) is 24.1 Å². The molecule has 10 heteroatoms. The van der Waals surface area contributed by atoms with Gasteiger partial charge in [0.1, 0.15) is 11.3 Å². The van der Waals surface area contributed by atoms with Crippen molar-refractivity contribution < 1.29 is 18.7 Å². The first kappa shape index (κ1) is 19.9. The molecule has 0 spiro atoms. The van der Waals surface area contributed by atoms with Gasteiger partial charge in [0, 0.05) is 11.9 Å². The minimum atomic E-state index is -0.534. The van der Waals surface area contributed by atoms with Crippen LogP contribution in [0.2, 0.25) is 0 Å². The number of nitrogens with one attached hydrogen (secondary N) is 1. The van der Waals surface area contributed by atoms with Crippen LogP contribution < -0.4 is 5.32 Å². The van der Waals surface area contributed by atoms with Crippen molar-refractivity contribution >= 4 is 45.7 Å². The van der Waals surface area contributed by atoms with Crippen LogP contribution in [0, 0.1) is 0 Å². The van der Waals surface area contributed by atoms with E-state index in [0.29, 0.717) is 10.9 Å². The molecule has 0 saturated heterocycles. The molecule has 9 nitrogen and oxygen atoms in total. The van der Waals surface area contributed by atoms with Crippen molar-refractivity contribution in [3.8, 4) is 0 Å². The summed E-state index contributed by atoms with van der Waals surface area (Å²) >= 11 is 1.12. The molecule has 30 heavy (non-hydrogen) atoms. The van der Waals surface area contributed by atoms with E-state index < -0.39 is 11.9 Å². The van der Waals surface area contributed by atoms with Crippen LogP contribution in [-0.4, -0.2) is 44.0 Å².